The number of esters is 1. The molecule has 0 N–H and O–H groups in total. The van der Waals surface area contributed by atoms with Crippen molar-refractivity contribution in [2.24, 2.45) is 0 Å². The van der Waals surface area contributed by atoms with Crippen LogP contribution in [0.15, 0.2) is 36.4 Å². The molecule has 0 aliphatic carbocycles. The van der Waals surface area contributed by atoms with Crippen LogP contribution in [0.25, 0.3) is 10.6 Å². The normalized spacial score (nSPS) is 10.9. The van der Waals surface area contributed by atoms with Crippen LogP contribution >= 0.6 is 11.3 Å². The standard InChI is InChI=1S/C15H16N2O2S/c1-3-5-6-14(18)19-12-9-7-11(8-10-12)15-17-16-13(4-2)20-15/h5-10H,3-4H2,1-2H3/b6-5+. The van der Waals surface area contributed by atoms with E-state index in [0.29, 0.717) is 5.75 Å². The number of nitrogens with zero attached hydrogens (tertiary/aromatic N) is 2. The van der Waals surface area contributed by atoms with E-state index >= 15 is 0 Å². The number of carbonyl (C=O) groups is 1. The van der Waals surface area contributed by atoms with Gasteiger partial charge in [0, 0.05) is 11.6 Å². The maximum absolute atomic E-state index is 11.4. The second-order valence-corrected chi connectivity index (χ2v) is 5.17. The van der Waals surface area contributed by atoms with Gasteiger partial charge in [-0.05, 0) is 37.1 Å². The first-order chi connectivity index (χ1) is 9.72. The SMILES string of the molecule is CC/C=C/C(=O)Oc1ccc(-c2nnc(CC)s2)cc1. The summed E-state index contributed by atoms with van der Waals surface area (Å²) in [7, 11) is 0. The number of benzene rings is 1. The van der Waals surface area contributed by atoms with Gasteiger partial charge in [0.2, 0.25) is 0 Å². The fourth-order valence-electron chi connectivity index (χ4n) is 1.54. The number of aryl methyl sites for hydroxylation is 1. The highest BCUT2D eigenvalue weighted by Crippen LogP contribution is 2.25. The second-order valence-electron chi connectivity index (χ2n) is 4.11. The molecule has 1 heterocycles. The fourth-order valence-corrected chi connectivity index (χ4v) is 2.33. The predicted molar refractivity (Wildman–Crippen MR) is 79.8 cm³/mol. The molecule has 0 bridgehead atoms. The Morgan fingerprint density at radius 3 is 2.60 bits per heavy atom. The molecule has 0 saturated carbocycles. The summed E-state index contributed by atoms with van der Waals surface area (Å²) in [6.07, 6.45) is 4.90. The summed E-state index contributed by atoms with van der Waals surface area (Å²) in [6.45, 7) is 4.02. The van der Waals surface area contributed by atoms with Crippen molar-refractivity contribution >= 4 is 17.3 Å². The smallest absolute Gasteiger partial charge is 0.335 e. The Morgan fingerprint density at radius 1 is 1.25 bits per heavy atom. The molecule has 1 aromatic carbocycles. The van der Waals surface area contributed by atoms with Gasteiger partial charge in [0.1, 0.15) is 15.8 Å². The van der Waals surface area contributed by atoms with E-state index in [2.05, 4.69) is 17.1 Å². The molecule has 20 heavy (non-hydrogen) atoms. The maximum Gasteiger partial charge on any atom is 0.335 e. The van der Waals surface area contributed by atoms with Crippen molar-refractivity contribution < 1.29 is 9.53 Å². The van der Waals surface area contributed by atoms with Gasteiger partial charge in [-0.3, -0.25) is 0 Å². The van der Waals surface area contributed by atoms with Gasteiger partial charge < -0.3 is 4.74 Å². The van der Waals surface area contributed by atoms with E-state index in [9.17, 15) is 4.79 Å². The van der Waals surface area contributed by atoms with Gasteiger partial charge >= 0.3 is 5.97 Å². The van der Waals surface area contributed by atoms with E-state index in [4.69, 9.17) is 4.74 Å². The Hall–Kier alpha value is -2.01. The number of aromatic nitrogens is 2. The lowest BCUT2D eigenvalue weighted by Crippen LogP contribution is -2.03. The van der Waals surface area contributed by atoms with Crippen LogP contribution in [0.2, 0.25) is 0 Å². The van der Waals surface area contributed by atoms with Gasteiger partial charge in [-0.15, -0.1) is 10.2 Å². The summed E-state index contributed by atoms with van der Waals surface area (Å²) < 4.78 is 5.18. The highest BCUT2D eigenvalue weighted by Gasteiger charge is 2.06. The predicted octanol–water partition coefficient (Wildman–Crippen LogP) is 3.64. The summed E-state index contributed by atoms with van der Waals surface area (Å²) >= 11 is 1.58. The van der Waals surface area contributed by atoms with E-state index in [1.54, 1.807) is 29.5 Å². The first-order valence-corrected chi connectivity index (χ1v) is 7.35. The number of ether oxygens (including phenoxy) is 1. The third-order valence-electron chi connectivity index (χ3n) is 2.58. The number of allylic oxidation sites excluding steroid dienone is 1. The highest BCUT2D eigenvalue weighted by atomic mass is 32.1. The largest absolute Gasteiger partial charge is 0.423 e. The van der Waals surface area contributed by atoms with E-state index in [-0.39, 0.29) is 5.97 Å². The molecule has 4 nitrogen and oxygen atoms in total. The summed E-state index contributed by atoms with van der Waals surface area (Å²) in [4.78, 5) is 11.4. The molecular formula is C15H16N2O2S. The van der Waals surface area contributed by atoms with Gasteiger partial charge in [0.25, 0.3) is 0 Å². The molecule has 104 valence electrons. The number of rotatable bonds is 5. The first-order valence-electron chi connectivity index (χ1n) is 6.54. The highest BCUT2D eigenvalue weighted by molar-refractivity contribution is 7.14. The first kappa shape index (κ1) is 14.4. The molecule has 0 atom stereocenters. The van der Waals surface area contributed by atoms with Crippen LogP contribution in [0.3, 0.4) is 0 Å². The Balaban J connectivity index is 2.06. The molecule has 5 heteroatoms. The van der Waals surface area contributed by atoms with Crippen LogP contribution in [-0.4, -0.2) is 16.2 Å². The molecule has 2 rings (SSSR count). The third kappa shape index (κ3) is 3.74. The minimum atomic E-state index is -0.358. The molecule has 0 aliphatic heterocycles. The molecule has 1 aromatic heterocycles. The quantitative estimate of drug-likeness (QED) is 0.479. The average molecular weight is 288 g/mol. The van der Waals surface area contributed by atoms with Gasteiger partial charge in [0.05, 0.1) is 0 Å². The van der Waals surface area contributed by atoms with Gasteiger partial charge in [-0.25, -0.2) is 4.79 Å². The maximum atomic E-state index is 11.4. The molecule has 0 fully saturated rings. The summed E-state index contributed by atoms with van der Waals surface area (Å²) in [5, 5.41) is 10.1. The molecule has 2 aromatic rings. The van der Waals surface area contributed by atoms with E-state index in [1.165, 1.54) is 6.08 Å². The zero-order valence-corrected chi connectivity index (χ0v) is 12.3. The fraction of sp³-hybridized carbons (Fsp3) is 0.267. The Kier molecular flexibility index (Phi) is 5.01. The van der Waals surface area contributed by atoms with Crippen LogP contribution in [0.5, 0.6) is 5.75 Å². The van der Waals surface area contributed by atoms with Gasteiger partial charge in [-0.1, -0.05) is 31.3 Å². The number of carbonyl (C=O) groups excluding carboxylic acids is 1. The van der Waals surface area contributed by atoms with E-state index in [1.807, 2.05) is 19.1 Å². The van der Waals surface area contributed by atoms with Crippen LogP contribution in [0, 0.1) is 0 Å². The summed E-state index contributed by atoms with van der Waals surface area (Å²) in [5.41, 5.74) is 0.978. The zero-order valence-electron chi connectivity index (χ0n) is 11.5. The molecule has 0 saturated heterocycles. The van der Waals surface area contributed by atoms with Crippen molar-refractivity contribution in [1.29, 1.82) is 0 Å². The monoisotopic (exact) mass is 288 g/mol. The van der Waals surface area contributed by atoms with Crippen LogP contribution < -0.4 is 4.74 Å². The lowest BCUT2D eigenvalue weighted by Gasteiger charge is -2.01. The molecule has 0 aliphatic rings. The Bertz CT molecular complexity index is 603. The third-order valence-corrected chi connectivity index (χ3v) is 3.70. The van der Waals surface area contributed by atoms with Crippen molar-refractivity contribution in [3.63, 3.8) is 0 Å². The lowest BCUT2D eigenvalue weighted by molar-refractivity contribution is -0.129. The zero-order chi connectivity index (χ0) is 14.4. The molecule has 0 spiro atoms. The summed E-state index contributed by atoms with van der Waals surface area (Å²) in [5.74, 6) is 0.170. The van der Waals surface area contributed by atoms with Crippen molar-refractivity contribution in [3.8, 4) is 16.3 Å². The molecule has 0 amide bonds. The summed E-state index contributed by atoms with van der Waals surface area (Å²) in [6, 6.07) is 7.29. The van der Waals surface area contributed by atoms with Gasteiger partial charge in [0.15, 0.2) is 0 Å². The Morgan fingerprint density at radius 2 is 2.00 bits per heavy atom. The molecular weight excluding hydrogens is 272 g/mol. The van der Waals surface area contributed by atoms with Crippen LogP contribution in [0.4, 0.5) is 0 Å². The van der Waals surface area contributed by atoms with E-state index < -0.39 is 0 Å². The van der Waals surface area contributed by atoms with E-state index in [0.717, 1.165) is 28.4 Å². The number of hydrogen-bond donors (Lipinski definition) is 0. The lowest BCUT2D eigenvalue weighted by atomic mass is 10.2. The second kappa shape index (κ2) is 6.96. The topological polar surface area (TPSA) is 52.1 Å². The van der Waals surface area contributed by atoms with Crippen molar-refractivity contribution in [2.45, 2.75) is 26.7 Å². The number of hydrogen-bond acceptors (Lipinski definition) is 5. The van der Waals surface area contributed by atoms with Crippen molar-refractivity contribution in [3.05, 3.63) is 41.4 Å². The molecule has 0 radical (unpaired) electrons. The van der Waals surface area contributed by atoms with Crippen LogP contribution in [-0.2, 0) is 11.2 Å². The minimum absolute atomic E-state index is 0.358. The van der Waals surface area contributed by atoms with Crippen molar-refractivity contribution in [2.75, 3.05) is 0 Å². The van der Waals surface area contributed by atoms with Crippen LogP contribution in [0.1, 0.15) is 25.3 Å². The average Bonchev–Trinajstić information content (AvgIpc) is 2.95. The molecule has 0 unspecified atom stereocenters. The van der Waals surface area contributed by atoms with Crippen molar-refractivity contribution in [1.82, 2.24) is 10.2 Å². The Labute approximate surface area is 122 Å². The van der Waals surface area contributed by atoms with Gasteiger partial charge in [-0.2, -0.15) is 0 Å². The minimum Gasteiger partial charge on any atom is -0.423 e.